The summed E-state index contributed by atoms with van der Waals surface area (Å²) in [7, 11) is -3.61. The molecule has 0 amide bonds. The molecule has 1 aromatic carbocycles. The lowest BCUT2D eigenvalue weighted by Crippen LogP contribution is -2.24. The van der Waals surface area contributed by atoms with Crippen LogP contribution in [-0.2, 0) is 10.0 Å². The quantitative estimate of drug-likeness (QED) is 0.850. The minimum absolute atomic E-state index is 0.193. The van der Waals surface area contributed by atoms with Gasteiger partial charge >= 0.3 is 0 Å². The van der Waals surface area contributed by atoms with Gasteiger partial charge in [-0.1, -0.05) is 13.3 Å². The van der Waals surface area contributed by atoms with Crippen molar-refractivity contribution < 1.29 is 13.2 Å². The van der Waals surface area contributed by atoms with Gasteiger partial charge in [-0.15, -0.1) is 0 Å². The highest BCUT2D eigenvalue weighted by atomic mass is 32.2. The molecule has 21 heavy (non-hydrogen) atoms. The second kappa shape index (κ2) is 6.93. The lowest BCUT2D eigenvalue weighted by molar-refractivity contribution is 0.340. The summed E-state index contributed by atoms with van der Waals surface area (Å²) < 4.78 is 29.7. The minimum Gasteiger partial charge on any atom is -0.494 e. The van der Waals surface area contributed by atoms with Crippen molar-refractivity contribution in [1.29, 1.82) is 0 Å². The SMILES string of the molecule is CCOc1ccc(S(=O)(=O)NN=C2CCCC[C@H]2C)cc1. The van der Waals surface area contributed by atoms with Gasteiger partial charge in [0.15, 0.2) is 0 Å². The first-order valence-electron chi connectivity index (χ1n) is 7.34. The molecule has 0 aliphatic heterocycles. The van der Waals surface area contributed by atoms with E-state index in [4.69, 9.17) is 4.74 Å². The maximum Gasteiger partial charge on any atom is 0.276 e. The molecular formula is C15H22N2O3S. The van der Waals surface area contributed by atoms with Crippen LogP contribution in [0.25, 0.3) is 0 Å². The van der Waals surface area contributed by atoms with E-state index in [1.807, 2.05) is 6.92 Å². The smallest absolute Gasteiger partial charge is 0.276 e. The lowest BCUT2D eigenvalue weighted by atomic mass is 9.89. The van der Waals surface area contributed by atoms with Crippen molar-refractivity contribution in [1.82, 2.24) is 4.83 Å². The molecule has 0 aromatic heterocycles. The van der Waals surface area contributed by atoms with Crippen LogP contribution in [-0.4, -0.2) is 20.7 Å². The molecule has 0 radical (unpaired) electrons. The third kappa shape index (κ3) is 4.20. The first-order valence-corrected chi connectivity index (χ1v) is 8.82. The highest BCUT2D eigenvalue weighted by molar-refractivity contribution is 7.89. The predicted molar refractivity (Wildman–Crippen MR) is 83.0 cm³/mol. The van der Waals surface area contributed by atoms with Crippen LogP contribution in [0.4, 0.5) is 0 Å². The molecule has 1 fully saturated rings. The Bertz CT molecular complexity index is 594. The van der Waals surface area contributed by atoms with Gasteiger partial charge in [-0.3, -0.25) is 0 Å². The number of ether oxygens (including phenoxy) is 1. The first-order chi connectivity index (χ1) is 10.0. The van der Waals surface area contributed by atoms with Crippen LogP contribution < -0.4 is 9.57 Å². The molecule has 0 saturated heterocycles. The molecule has 1 atom stereocenters. The number of nitrogens with one attached hydrogen (secondary N) is 1. The monoisotopic (exact) mass is 310 g/mol. The maximum atomic E-state index is 12.2. The van der Waals surface area contributed by atoms with Crippen molar-refractivity contribution in [2.45, 2.75) is 44.4 Å². The number of hydrogen-bond acceptors (Lipinski definition) is 4. The molecule has 116 valence electrons. The summed E-state index contributed by atoms with van der Waals surface area (Å²) in [6.45, 7) is 4.52. The Kier molecular flexibility index (Phi) is 5.22. The third-order valence-corrected chi connectivity index (χ3v) is 4.87. The molecule has 1 aliphatic rings. The van der Waals surface area contributed by atoms with Gasteiger partial charge in [0.2, 0.25) is 0 Å². The number of rotatable bonds is 5. The largest absolute Gasteiger partial charge is 0.494 e. The Hall–Kier alpha value is -1.56. The van der Waals surface area contributed by atoms with Crippen LogP contribution in [0.15, 0.2) is 34.3 Å². The summed E-state index contributed by atoms with van der Waals surface area (Å²) in [5.74, 6) is 1.01. The summed E-state index contributed by atoms with van der Waals surface area (Å²) >= 11 is 0. The van der Waals surface area contributed by atoms with Crippen molar-refractivity contribution in [3.8, 4) is 5.75 Å². The second-order valence-electron chi connectivity index (χ2n) is 5.25. The lowest BCUT2D eigenvalue weighted by Gasteiger charge is -2.20. The van der Waals surface area contributed by atoms with Crippen LogP contribution in [0.5, 0.6) is 5.75 Å². The van der Waals surface area contributed by atoms with Gasteiger partial charge in [0.1, 0.15) is 5.75 Å². The fourth-order valence-electron chi connectivity index (χ4n) is 2.39. The molecular weight excluding hydrogens is 288 g/mol. The van der Waals surface area contributed by atoms with E-state index in [1.165, 1.54) is 18.6 Å². The second-order valence-corrected chi connectivity index (χ2v) is 6.91. The van der Waals surface area contributed by atoms with Crippen molar-refractivity contribution in [3.05, 3.63) is 24.3 Å². The number of benzene rings is 1. The van der Waals surface area contributed by atoms with Gasteiger partial charge in [-0.2, -0.15) is 13.5 Å². The number of hydrogen-bond donors (Lipinski definition) is 1. The van der Waals surface area contributed by atoms with E-state index < -0.39 is 10.0 Å². The van der Waals surface area contributed by atoms with Crippen LogP contribution in [0.1, 0.15) is 39.5 Å². The fourth-order valence-corrected chi connectivity index (χ4v) is 3.23. The molecule has 0 heterocycles. The number of sulfonamides is 1. The van der Waals surface area contributed by atoms with Gasteiger partial charge in [0, 0.05) is 5.71 Å². The maximum absolute atomic E-state index is 12.2. The van der Waals surface area contributed by atoms with Crippen molar-refractivity contribution in [3.63, 3.8) is 0 Å². The number of hydrazone groups is 1. The van der Waals surface area contributed by atoms with Gasteiger partial charge in [0.25, 0.3) is 10.0 Å². The molecule has 0 unspecified atom stereocenters. The summed E-state index contributed by atoms with van der Waals surface area (Å²) in [6, 6.07) is 6.35. The molecule has 1 aliphatic carbocycles. The van der Waals surface area contributed by atoms with Crippen molar-refractivity contribution >= 4 is 15.7 Å². The van der Waals surface area contributed by atoms with Crippen LogP contribution in [0.3, 0.4) is 0 Å². The average Bonchev–Trinajstić information content (AvgIpc) is 2.47. The average molecular weight is 310 g/mol. The molecule has 0 spiro atoms. The summed E-state index contributed by atoms with van der Waals surface area (Å²) in [6.07, 6.45) is 4.20. The Balaban J connectivity index is 2.09. The highest BCUT2D eigenvalue weighted by Crippen LogP contribution is 2.21. The molecule has 2 rings (SSSR count). The standard InChI is InChI=1S/C15H22N2O3S/c1-3-20-13-8-10-14(11-9-13)21(18,19)17-16-15-7-5-4-6-12(15)2/h8-12,17H,3-7H2,1-2H3/t12-/m1/s1. The minimum atomic E-state index is -3.61. The normalized spacial score (nSPS) is 21.2. The van der Waals surface area contributed by atoms with E-state index >= 15 is 0 Å². The van der Waals surface area contributed by atoms with E-state index in [-0.39, 0.29) is 4.90 Å². The first kappa shape index (κ1) is 15.8. The Morgan fingerprint density at radius 2 is 2.00 bits per heavy atom. The highest BCUT2D eigenvalue weighted by Gasteiger charge is 2.18. The summed E-state index contributed by atoms with van der Waals surface area (Å²) in [5, 5.41) is 4.12. The zero-order valence-corrected chi connectivity index (χ0v) is 13.3. The van der Waals surface area contributed by atoms with Crippen molar-refractivity contribution in [2.75, 3.05) is 6.61 Å². The number of nitrogens with zero attached hydrogens (tertiary/aromatic N) is 1. The zero-order chi connectivity index (χ0) is 15.3. The Morgan fingerprint density at radius 1 is 1.29 bits per heavy atom. The molecule has 6 heteroatoms. The Labute approximate surface area is 126 Å². The molecule has 1 N–H and O–H groups in total. The van der Waals surface area contributed by atoms with E-state index in [0.29, 0.717) is 18.3 Å². The predicted octanol–water partition coefficient (Wildman–Crippen LogP) is 2.93. The van der Waals surface area contributed by atoms with Gasteiger partial charge in [-0.05, 0) is 56.4 Å². The van der Waals surface area contributed by atoms with E-state index in [1.54, 1.807) is 12.1 Å². The molecule has 0 bridgehead atoms. The fraction of sp³-hybridized carbons (Fsp3) is 0.533. The third-order valence-electron chi connectivity index (χ3n) is 3.64. The topological polar surface area (TPSA) is 67.8 Å². The Morgan fingerprint density at radius 3 is 2.62 bits per heavy atom. The molecule has 5 nitrogen and oxygen atoms in total. The van der Waals surface area contributed by atoms with E-state index in [0.717, 1.165) is 25.0 Å². The van der Waals surface area contributed by atoms with Gasteiger partial charge in [0.05, 0.1) is 11.5 Å². The summed E-state index contributed by atoms with van der Waals surface area (Å²) in [4.78, 5) is 2.54. The zero-order valence-electron chi connectivity index (χ0n) is 12.5. The van der Waals surface area contributed by atoms with Crippen LogP contribution in [0.2, 0.25) is 0 Å². The molecule has 1 saturated carbocycles. The van der Waals surface area contributed by atoms with E-state index in [9.17, 15) is 8.42 Å². The van der Waals surface area contributed by atoms with Crippen LogP contribution >= 0.6 is 0 Å². The van der Waals surface area contributed by atoms with Crippen molar-refractivity contribution in [2.24, 2.45) is 11.0 Å². The summed E-state index contributed by atoms with van der Waals surface area (Å²) in [5.41, 5.74) is 0.941. The van der Waals surface area contributed by atoms with Crippen LogP contribution in [0, 0.1) is 5.92 Å². The van der Waals surface area contributed by atoms with Gasteiger partial charge < -0.3 is 4.74 Å². The molecule has 1 aromatic rings. The van der Waals surface area contributed by atoms with Gasteiger partial charge in [-0.25, -0.2) is 4.83 Å². The van der Waals surface area contributed by atoms with E-state index in [2.05, 4.69) is 16.9 Å².